The smallest absolute Gasteiger partial charge is 0.222 e. The Balaban J connectivity index is 1.44. The van der Waals surface area contributed by atoms with Crippen molar-refractivity contribution in [3.05, 3.63) is 30.1 Å². The monoisotopic (exact) mass is 306 g/mol. The van der Waals surface area contributed by atoms with E-state index in [0.717, 1.165) is 45.4 Å². The average Bonchev–Trinajstić information content (AvgIpc) is 2.96. The van der Waals surface area contributed by atoms with Crippen molar-refractivity contribution in [2.45, 2.75) is 31.7 Å². The first-order valence-electron chi connectivity index (χ1n) is 8.12. The van der Waals surface area contributed by atoms with E-state index in [4.69, 9.17) is 4.74 Å². The number of ether oxygens (including phenoxy) is 1. The highest BCUT2D eigenvalue weighted by Gasteiger charge is 2.31. The van der Waals surface area contributed by atoms with Crippen molar-refractivity contribution in [2.24, 2.45) is 0 Å². The molecule has 1 amide bonds. The molecule has 2 aliphatic rings. The van der Waals surface area contributed by atoms with Crippen molar-refractivity contribution in [2.75, 3.05) is 32.8 Å². The predicted molar refractivity (Wildman–Crippen MR) is 82.3 cm³/mol. The molecule has 2 saturated heterocycles. The molecule has 120 valence electrons. The first-order chi connectivity index (χ1) is 10.7. The summed E-state index contributed by atoms with van der Waals surface area (Å²) in [5, 5.41) is 0. The van der Waals surface area contributed by atoms with Crippen molar-refractivity contribution < 1.29 is 13.9 Å². The molecule has 2 aliphatic heterocycles. The quantitative estimate of drug-likeness (QED) is 0.837. The highest BCUT2D eigenvalue weighted by molar-refractivity contribution is 5.78. The average molecular weight is 306 g/mol. The Hall–Kier alpha value is -1.62. The number of halogens is 1. The summed E-state index contributed by atoms with van der Waals surface area (Å²) in [6.45, 7) is 4.36. The number of nitrogens with zero attached hydrogens (tertiary/aromatic N) is 2. The van der Waals surface area contributed by atoms with Crippen LogP contribution in [0.5, 0.6) is 5.75 Å². The molecule has 1 atom stereocenters. The molecule has 0 N–H and O–H groups in total. The van der Waals surface area contributed by atoms with Crippen LogP contribution >= 0.6 is 0 Å². The van der Waals surface area contributed by atoms with E-state index in [1.165, 1.54) is 12.1 Å². The van der Waals surface area contributed by atoms with E-state index in [2.05, 4.69) is 9.80 Å². The predicted octanol–water partition coefficient (Wildman–Crippen LogP) is 2.29. The first kappa shape index (κ1) is 15.3. The number of benzene rings is 1. The number of carbonyl (C=O) groups is 1. The standard InChI is InChI=1S/C17H23FN2O2/c18-14-5-7-16(8-6-14)22-12-11-19-9-1-3-15(13-19)20-10-2-4-17(20)21/h5-8,15H,1-4,9-13H2/t15-/m1/s1. The van der Waals surface area contributed by atoms with Crippen LogP contribution in [0.1, 0.15) is 25.7 Å². The molecule has 0 spiro atoms. The van der Waals surface area contributed by atoms with E-state index >= 15 is 0 Å². The van der Waals surface area contributed by atoms with Crippen LogP contribution in [0.4, 0.5) is 4.39 Å². The molecule has 3 rings (SSSR count). The topological polar surface area (TPSA) is 32.8 Å². The molecule has 1 aromatic rings. The fourth-order valence-electron chi connectivity index (χ4n) is 3.37. The highest BCUT2D eigenvalue weighted by atomic mass is 19.1. The molecule has 0 radical (unpaired) electrons. The maximum atomic E-state index is 12.8. The third-order valence-electron chi connectivity index (χ3n) is 4.52. The van der Waals surface area contributed by atoms with Crippen LogP contribution in [-0.2, 0) is 4.79 Å². The van der Waals surface area contributed by atoms with E-state index in [1.807, 2.05) is 0 Å². The minimum atomic E-state index is -0.249. The van der Waals surface area contributed by atoms with Gasteiger partial charge in [-0.2, -0.15) is 0 Å². The van der Waals surface area contributed by atoms with E-state index in [0.29, 0.717) is 30.7 Å². The second kappa shape index (κ2) is 7.09. The molecular weight excluding hydrogens is 283 g/mol. The summed E-state index contributed by atoms with van der Waals surface area (Å²) in [5.41, 5.74) is 0. The van der Waals surface area contributed by atoms with Crippen LogP contribution in [0.15, 0.2) is 24.3 Å². The summed E-state index contributed by atoms with van der Waals surface area (Å²) in [6, 6.07) is 6.49. The Morgan fingerprint density at radius 1 is 1.18 bits per heavy atom. The van der Waals surface area contributed by atoms with Gasteiger partial charge in [-0.05, 0) is 50.1 Å². The van der Waals surface area contributed by atoms with Gasteiger partial charge in [-0.25, -0.2) is 4.39 Å². The van der Waals surface area contributed by atoms with Gasteiger partial charge in [0, 0.05) is 32.1 Å². The fraction of sp³-hybridized carbons (Fsp3) is 0.588. The Morgan fingerprint density at radius 3 is 2.73 bits per heavy atom. The Morgan fingerprint density at radius 2 is 2.00 bits per heavy atom. The van der Waals surface area contributed by atoms with E-state index < -0.39 is 0 Å². The number of piperidine rings is 1. The molecule has 22 heavy (non-hydrogen) atoms. The van der Waals surface area contributed by atoms with E-state index in [-0.39, 0.29) is 5.82 Å². The van der Waals surface area contributed by atoms with Gasteiger partial charge in [-0.1, -0.05) is 0 Å². The molecule has 2 heterocycles. The van der Waals surface area contributed by atoms with Gasteiger partial charge in [0.15, 0.2) is 0 Å². The van der Waals surface area contributed by atoms with Gasteiger partial charge in [0.05, 0.1) is 0 Å². The molecule has 0 unspecified atom stereocenters. The van der Waals surface area contributed by atoms with Crippen molar-refractivity contribution in [3.63, 3.8) is 0 Å². The van der Waals surface area contributed by atoms with Crippen LogP contribution in [0, 0.1) is 5.82 Å². The van der Waals surface area contributed by atoms with E-state index in [1.54, 1.807) is 12.1 Å². The van der Waals surface area contributed by atoms with Crippen molar-refractivity contribution in [1.82, 2.24) is 9.80 Å². The number of hydrogen-bond acceptors (Lipinski definition) is 3. The Labute approximate surface area is 130 Å². The summed E-state index contributed by atoms with van der Waals surface area (Å²) in [5.74, 6) is 0.764. The van der Waals surface area contributed by atoms with Gasteiger partial charge in [-0.15, -0.1) is 0 Å². The van der Waals surface area contributed by atoms with Crippen LogP contribution < -0.4 is 4.74 Å². The number of likely N-dealkylation sites (tertiary alicyclic amines) is 2. The summed E-state index contributed by atoms with van der Waals surface area (Å²) < 4.78 is 18.5. The minimum absolute atomic E-state index is 0.249. The number of amides is 1. The molecule has 5 heteroatoms. The van der Waals surface area contributed by atoms with Crippen molar-refractivity contribution >= 4 is 5.91 Å². The van der Waals surface area contributed by atoms with Gasteiger partial charge in [-0.3, -0.25) is 9.69 Å². The SMILES string of the molecule is O=C1CCCN1[C@@H]1CCCN(CCOc2ccc(F)cc2)C1. The lowest BCUT2D eigenvalue weighted by atomic mass is 10.0. The summed E-state index contributed by atoms with van der Waals surface area (Å²) in [4.78, 5) is 16.3. The molecule has 0 aromatic heterocycles. The number of carbonyl (C=O) groups excluding carboxylic acids is 1. The van der Waals surface area contributed by atoms with Gasteiger partial charge >= 0.3 is 0 Å². The van der Waals surface area contributed by atoms with E-state index in [9.17, 15) is 9.18 Å². The molecule has 0 bridgehead atoms. The zero-order chi connectivity index (χ0) is 15.4. The van der Waals surface area contributed by atoms with Gasteiger partial charge in [0.2, 0.25) is 5.91 Å². The van der Waals surface area contributed by atoms with Crippen LogP contribution in [0.3, 0.4) is 0 Å². The molecular formula is C17H23FN2O2. The second-order valence-electron chi connectivity index (χ2n) is 6.09. The Kier molecular flexibility index (Phi) is 4.93. The third kappa shape index (κ3) is 3.77. The van der Waals surface area contributed by atoms with Gasteiger partial charge < -0.3 is 9.64 Å². The molecule has 1 aromatic carbocycles. The summed E-state index contributed by atoms with van der Waals surface area (Å²) >= 11 is 0. The summed E-state index contributed by atoms with van der Waals surface area (Å²) in [6.07, 6.45) is 3.96. The largest absolute Gasteiger partial charge is 0.492 e. The lowest BCUT2D eigenvalue weighted by molar-refractivity contribution is -0.130. The lowest BCUT2D eigenvalue weighted by Crippen LogP contribution is -2.49. The molecule has 4 nitrogen and oxygen atoms in total. The number of rotatable bonds is 5. The number of hydrogen-bond donors (Lipinski definition) is 0. The molecule has 0 aliphatic carbocycles. The normalized spacial score (nSPS) is 23.0. The highest BCUT2D eigenvalue weighted by Crippen LogP contribution is 2.21. The molecule has 2 fully saturated rings. The van der Waals surface area contributed by atoms with Crippen LogP contribution in [-0.4, -0.2) is 54.5 Å². The summed E-state index contributed by atoms with van der Waals surface area (Å²) in [7, 11) is 0. The zero-order valence-electron chi connectivity index (χ0n) is 12.8. The van der Waals surface area contributed by atoms with Crippen molar-refractivity contribution in [3.8, 4) is 5.75 Å². The van der Waals surface area contributed by atoms with Crippen LogP contribution in [0.2, 0.25) is 0 Å². The van der Waals surface area contributed by atoms with Crippen molar-refractivity contribution in [1.29, 1.82) is 0 Å². The second-order valence-corrected chi connectivity index (χ2v) is 6.09. The fourth-order valence-corrected chi connectivity index (χ4v) is 3.37. The zero-order valence-corrected chi connectivity index (χ0v) is 12.8. The third-order valence-corrected chi connectivity index (χ3v) is 4.52. The maximum absolute atomic E-state index is 12.8. The first-order valence-corrected chi connectivity index (χ1v) is 8.12. The van der Waals surface area contributed by atoms with Gasteiger partial charge in [0.1, 0.15) is 18.2 Å². The Bertz CT molecular complexity index is 506. The van der Waals surface area contributed by atoms with Crippen LogP contribution in [0.25, 0.3) is 0 Å². The van der Waals surface area contributed by atoms with Gasteiger partial charge in [0.25, 0.3) is 0 Å². The lowest BCUT2D eigenvalue weighted by Gasteiger charge is -2.37. The molecule has 0 saturated carbocycles. The maximum Gasteiger partial charge on any atom is 0.222 e. The minimum Gasteiger partial charge on any atom is -0.492 e.